The van der Waals surface area contributed by atoms with Crippen molar-refractivity contribution in [1.82, 2.24) is 5.32 Å². The van der Waals surface area contributed by atoms with Gasteiger partial charge in [0.25, 0.3) is 0 Å². The molecule has 18 heavy (non-hydrogen) atoms. The minimum Gasteiger partial charge on any atom is -0.394 e. The zero-order valence-electron chi connectivity index (χ0n) is 10.9. The van der Waals surface area contributed by atoms with Crippen LogP contribution in [0, 0.1) is 5.92 Å². The first-order valence-corrected chi connectivity index (χ1v) is 6.11. The van der Waals surface area contributed by atoms with Crippen molar-refractivity contribution >= 4 is 5.91 Å². The van der Waals surface area contributed by atoms with Gasteiger partial charge in [-0.15, -0.1) is 0 Å². The van der Waals surface area contributed by atoms with Crippen molar-refractivity contribution in [2.45, 2.75) is 19.4 Å². The quantitative estimate of drug-likeness (QED) is 0.772. The first-order valence-electron chi connectivity index (χ1n) is 6.11. The molecule has 0 heterocycles. The van der Waals surface area contributed by atoms with Crippen molar-refractivity contribution in [2.24, 2.45) is 5.92 Å². The Morgan fingerprint density at radius 1 is 1.39 bits per heavy atom. The van der Waals surface area contributed by atoms with Crippen LogP contribution in [0.3, 0.4) is 0 Å². The Morgan fingerprint density at radius 3 is 2.61 bits per heavy atom. The third-order valence-electron chi connectivity index (χ3n) is 2.70. The lowest BCUT2D eigenvalue weighted by Crippen LogP contribution is -2.32. The van der Waals surface area contributed by atoms with Gasteiger partial charge in [0, 0.05) is 20.1 Å². The van der Waals surface area contributed by atoms with E-state index in [9.17, 15) is 9.90 Å². The standard InChI is InChI=1S/C14H21NO3/c1-11(10-18-2)8-14(17)15-13(9-16)12-6-4-3-5-7-12/h3-7,11,13,16H,8-10H2,1-2H3,(H,15,17)/t11?,13-/m1/s1. The summed E-state index contributed by atoms with van der Waals surface area (Å²) in [6.07, 6.45) is 0.400. The van der Waals surface area contributed by atoms with Gasteiger partial charge in [0.05, 0.1) is 12.6 Å². The molecule has 1 aromatic carbocycles. The van der Waals surface area contributed by atoms with E-state index in [1.54, 1.807) is 7.11 Å². The Balaban J connectivity index is 2.51. The van der Waals surface area contributed by atoms with Gasteiger partial charge >= 0.3 is 0 Å². The molecule has 0 aromatic heterocycles. The number of hydrogen-bond donors (Lipinski definition) is 2. The summed E-state index contributed by atoms with van der Waals surface area (Å²) in [5.74, 6) is 0.104. The van der Waals surface area contributed by atoms with E-state index in [2.05, 4.69) is 5.32 Å². The van der Waals surface area contributed by atoms with Gasteiger partial charge < -0.3 is 15.2 Å². The van der Waals surface area contributed by atoms with E-state index in [0.717, 1.165) is 5.56 Å². The first kappa shape index (κ1) is 14.7. The molecule has 0 radical (unpaired) electrons. The van der Waals surface area contributed by atoms with E-state index in [1.807, 2.05) is 37.3 Å². The van der Waals surface area contributed by atoms with Gasteiger partial charge in [0.15, 0.2) is 0 Å². The number of nitrogens with one attached hydrogen (secondary N) is 1. The molecule has 0 bridgehead atoms. The smallest absolute Gasteiger partial charge is 0.220 e. The maximum atomic E-state index is 11.8. The van der Waals surface area contributed by atoms with Crippen LogP contribution in [-0.4, -0.2) is 31.3 Å². The molecule has 1 unspecified atom stereocenters. The van der Waals surface area contributed by atoms with Crippen molar-refractivity contribution in [3.63, 3.8) is 0 Å². The molecule has 1 amide bonds. The zero-order valence-corrected chi connectivity index (χ0v) is 10.9. The summed E-state index contributed by atoms with van der Waals surface area (Å²) < 4.78 is 4.99. The van der Waals surface area contributed by atoms with E-state index < -0.39 is 0 Å². The Bertz CT molecular complexity index is 353. The van der Waals surface area contributed by atoms with Crippen LogP contribution in [0.15, 0.2) is 30.3 Å². The Morgan fingerprint density at radius 2 is 2.06 bits per heavy atom. The fourth-order valence-corrected chi connectivity index (χ4v) is 1.83. The summed E-state index contributed by atoms with van der Waals surface area (Å²) in [4.78, 5) is 11.8. The number of aliphatic hydroxyl groups excluding tert-OH is 1. The summed E-state index contributed by atoms with van der Waals surface area (Å²) in [7, 11) is 1.62. The third kappa shape index (κ3) is 4.85. The van der Waals surface area contributed by atoms with Crippen LogP contribution < -0.4 is 5.32 Å². The summed E-state index contributed by atoms with van der Waals surface area (Å²) in [5, 5.41) is 12.2. The van der Waals surface area contributed by atoms with E-state index in [1.165, 1.54) is 0 Å². The van der Waals surface area contributed by atoms with Crippen LogP contribution in [0.5, 0.6) is 0 Å². The maximum absolute atomic E-state index is 11.8. The van der Waals surface area contributed by atoms with Gasteiger partial charge in [-0.05, 0) is 11.5 Å². The van der Waals surface area contributed by atoms with Gasteiger partial charge in [-0.3, -0.25) is 4.79 Å². The molecule has 2 N–H and O–H groups in total. The Kier molecular flexibility index (Phi) is 6.39. The van der Waals surface area contributed by atoms with E-state index in [-0.39, 0.29) is 24.5 Å². The van der Waals surface area contributed by atoms with Crippen LogP contribution in [-0.2, 0) is 9.53 Å². The normalized spacial score (nSPS) is 13.9. The average molecular weight is 251 g/mol. The second-order valence-corrected chi connectivity index (χ2v) is 4.48. The molecule has 0 aliphatic carbocycles. The molecule has 0 fully saturated rings. The number of carbonyl (C=O) groups is 1. The number of aliphatic hydroxyl groups is 1. The second-order valence-electron chi connectivity index (χ2n) is 4.48. The van der Waals surface area contributed by atoms with Crippen LogP contribution in [0.1, 0.15) is 24.9 Å². The summed E-state index contributed by atoms with van der Waals surface area (Å²) >= 11 is 0. The molecular weight excluding hydrogens is 230 g/mol. The predicted molar refractivity (Wildman–Crippen MR) is 70.1 cm³/mol. The molecule has 2 atom stereocenters. The van der Waals surface area contributed by atoms with Crippen molar-refractivity contribution in [3.05, 3.63) is 35.9 Å². The molecule has 0 spiro atoms. The predicted octanol–water partition coefficient (Wildman–Crippen LogP) is 1.51. The highest BCUT2D eigenvalue weighted by atomic mass is 16.5. The lowest BCUT2D eigenvalue weighted by molar-refractivity contribution is -0.123. The van der Waals surface area contributed by atoms with Crippen molar-refractivity contribution in [1.29, 1.82) is 0 Å². The Labute approximate surface area is 108 Å². The van der Waals surface area contributed by atoms with Crippen LogP contribution in [0.2, 0.25) is 0 Å². The molecule has 0 aliphatic heterocycles. The number of methoxy groups -OCH3 is 1. The minimum absolute atomic E-state index is 0.0672. The van der Waals surface area contributed by atoms with Gasteiger partial charge in [0.2, 0.25) is 5.91 Å². The van der Waals surface area contributed by atoms with Gasteiger partial charge in [0.1, 0.15) is 0 Å². The average Bonchev–Trinajstić information content (AvgIpc) is 2.37. The molecule has 1 aromatic rings. The van der Waals surface area contributed by atoms with Crippen LogP contribution >= 0.6 is 0 Å². The highest BCUT2D eigenvalue weighted by molar-refractivity contribution is 5.76. The fraction of sp³-hybridized carbons (Fsp3) is 0.500. The monoisotopic (exact) mass is 251 g/mol. The maximum Gasteiger partial charge on any atom is 0.220 e. The Hall–Kier alpha value is -1.39. The molecule has 4 nitrogen and oxygen atoms in total. The first-order chi connectivity index (χ1) is 8.67. The van der Waals surface area contributed by atoms with Gasteiger partial charge in [-0.1, -0.05) is 37.3 Å². The molecule has 0 aliphatic rings. The molecule has 100 valence electrons. The molecule has 1 rings (SSSR count). The van der Waals surface area contributed by atoms with E-state index in [4.69, 9.17) is 4.74 Å². The zero-order chi connectivity index (χ0) is 13.4. The number of ether oxygens (including phenoxy) is 1. The highest BCUT2D eigenvalue weighted by Crippen LogP contribution is 2.12. The largest absolute Gasteiger partial charge is 0.394 e. The van der Waals surface area contributed by atoms with Gasteiger partial charge in [-0.25, -0.2) is 0 Å². The number of amides is 1. The molecule has 4 heteroatoms. The van der Waals surface area contributed by atoms with Crippen LogP contribution in [0.4, 0.5) is 0 Å². The SMILES string of the molecule is COCC(C)CC(=O)N[C@H](CO)c1ccccc1. The topological polar surface area (TPSA) is 58.6 Å². The number of carbonyl (C=O) groups excluding carboxylic acids is 1. The number of benzene rings is 1. The highest BCUT2D eigenvalue weighted by Gasteiger charge is 2.15. The van der Waals surface area contributed by atoms with Crippen LogP contribution in [0.25, 0.3) is 0 Å². The molecular formula is C14H21NO3. The third-order valence-corrected chi connectivity index (χ3v) is 2.70. The summed E-state index contributed by atoms with van der Waals surface area (Å²) in [5.41, 5.74) is 0.910. The number of hydrogen-bond acceptors (Lipinski definition) is 3. The summed E-state index contributed by atoms with van der Waals surface area (Å²) in [6, 6.07) is 9.11. The van der Waals surface area contributed by atoms with Crippen molar-refractivity contribution < 1.29 is 14.6 Å². The number of rotatable bonds is 7. The second kappa shape index (κ2) is 7.84. The van der Waals surface area contributed by atoms with Crippen molar-refractivity contribution in [2.75, 3.05) is 20.3 Å². The summed E-state index contributed by atoms with van der Waals surface area (Å²) in [6.45, 7) is 2.41. The lowest BCUT2D eigenvalue weighted by Gasteiger charge is -2.18. The molecule has 0 saturated carbocycles. The van der Waals surface area contributed by atoms with Gasteiger partial charge in [-0.2, -0.15) is 0 Å². The van der Waals surface area contributed by atoms with Crippen molar-refractivity contribution in [3.8, 4) is 0 Å². The lowest BCUT2D eigenvalue weighted by atomic mass is 10.1. The van der Waals surface area contributed by atoms with E-state index in [0.29, 0.717) is 13.0 Å². The van der Waals surface area contributed by atoms with E-state index >= 15 is 0 Å². The molecule has 0 saturated heterocycles. The minimum atomic E-state index is -0.339. The fourth-order valence-electron chi connectivity index (χ4n) is 1.83.